The number of thioether (sulfide) groups is 1. The largest absolute Gasteiger partial charge is 0.351 e. The van der Waals surface area contributed by atoms with Crippen molar-refractivity contribution < 1.29 is 4.79 Å². The molecule has 126 valence electrons. The molecule has 0 atom stereocenters. The smallest absolute Gasteiger partial charge is 0.230 e. The van der Waals surface area contributed by atoms with Crippen LogP contribution >= 0.6 is 23.4 Å². The highest BCUT2D eigenvalue weighted by Crippen LogP contribution is 2.19. The predicted octanol–water partition coefficient (Wildman–Crippen LogP) is 3.60. The van der Waals surface area contributed by atoms with Crippen molar-refractivity contribution in [3.63, 3.8) is 0 Å². The minimum Gasteiger partial charge on any atom is -0.351 e. The molecule has 0 saturated carbocycles. The van der Waals surface area contributed by atoms with Crippen molar-refractivity contribution in [2.75, 3.05) is 5.75 Å². The standard InChI is InChI=1S/C18H15ClN4OS/c19-15-3-1-13(2-4-15)11-21-17(24)12-25-18-6-5-16(22-23-18)14-7-9-20-10-8-14/h1-10H,11-12H2,(H,21,24). The number of halogens is 1. The van der Waals surface area contributed by atoms with Crippen molar-refractivity contribution in [2.24, 2.45) is 0 Å². The Morgan fingerprint density at radius 1 is 1.00 bits per heavy atom. The summed E-state index contributed by atoms with van der Waals surface area (Å²) in [7, 11) is 0. The molecule has 1 aromatic carbocycles. The van der Waals surface area contributed by atoms with Gasteiger partial charge in [0, 0.05) is 29.5 Å². The van der Waals surface area contributed by atoms with E-state index in [0.717, 1.165) is 16.8 Å². The fourth-order valence-corrected chi connectivity index (χ4v) is 2.84. The van der Waals surface area contributed by atoms with Crippen molar-refractivity contribution in [3.05, 3.63) is 71.5 Å². The molecule has 1 amide bonds. The predicted molar refractivity (Wildman–Crippen MR) is 99.3 cm³/mol. The summed E-state index contributed by atoms with van der Waals surface area (Å²) in [6, 6.07) is 14.9. The molecule has 0 aliphatic carbocycles. The van der Waals surface area contributed by atoms with Crippen LogP contribution in [0.15, 0.2) is 66.0 Å². The highest BCUT2D eigenvalue weighted by atomic mass is 35.5. The number of hydrogen-bond donors (Lipinski definition) is 1. The number of amides is 1. The van der Waals surface area contributed by atoms with E-state index in [-0.39, 0.29) is 11.7 Å². The summed E-state index contributed by atoms with van der Waals surface area (Å²) in [5.41, 5.74) is 2.74. The molecule has 0 spiro atoms. The van der Waals surface area contributed by atoms with E-state index in [1.165, 1.54) is 11.8 Å². The Bertz CT molecular complexity index is 826. The first-order chi connectivity index (χ1) is 12.2. The Labute approximate surface area is 154 Å². The van der Waals surface area contributed by atoms with Crippen LogP contribution in [-0.2, 0) is 11.3 Å². The third-order valence-electron chi connectivity index (χ3n) is 3.37. The molecule has 0 bridgehead atoms. The van der Waals surface area contributed by atoms with Crippen LogP contribution in [-0.4, -0.2) is 26.8 Å². The van der Waals surface area contributed by atoms with Crippen LogP contribution in [0.25, 0.3) is 11.3 Å². The van der Waals surface area contributed by atoms with E-state index in [0.29, 0.717) is 16.6 Å². The molecule has 2 aromatic heterocycles. The first-order valence-electron chi connectivity index (χ1n) is 7.59. The maximum absolute atomic E-state index is 11.9. The summed E-state index contributed by atoms with van der Waals surface area (Å²) in [6.07, 6.45) is 3.43. The molecule has 0 aliphatic rings. The number of aromatic nitrogens is 3. The molecule has 0 saturated heterocycles. The summed E-state index contributed by atoms with van der Waals surface area (Å²) < 4.78 is 0. The Hall–Kier alpha value is -2.44. The summed E-state index contributed by atoms with van der Waals surface area (Å²) >= 11 is 7.19. The van der Waals surface area contributed by atoms with Crippen molar-refractivity contribution in [1.82, 2.24) is 20.5 Å². The van der Waals surface area contributed by atoms with Gasteiger partial charge in [0.2, 0.25) is 5.91 Å². The van der Waals surface area contributed by atoms with Gasteiger partial charge < -0.3 is 5.32 Å². The first-order valence-corrected chi connectivity index (χ1v) is 8.95. The minimum atomic E-state index is -0.0556. The average Bonchev–Trinajstić information content (AvgIpc) is 2.67. The van der Waals surface area contributed by atoms with E-state index in [9.17, 15) is 4.79 Å². The molecule has 7 heteroatoms. The van der Waals surface area contributed by atoms with E-state index in [2.05, 4.69) is 20.5 Å². The molecule has 0 radical (unpaired) electrons. The van der Waals surface area contributed by atoms with Crippen LogP contribution in [0.3, 0.4) is 0 Å². The van der Waals surface area contributed by atoms with E-state index < -0.39 is 0 Å². The zero-order valence-corrected chi connectivity index (χ0v) is 14.8. The Kier molecular flexibility index (Phi) is 5.98. The number of hydrogen-bond acceptors (Lipinski definition) is 5. The van der Waals surface area contributed by atoms with Crippen molar-refractivity contribution in [2.45, 2.75) is 11.6 Å². The van der Waals surface area contributed by atoms with E-state index in [1.807, 2.05) is 36.4 Å². The number of benzene rings is 1. The van der Waals surface area contributed by atoms with E-state index in [4.69, 9.17) is 11.6 Å². The lowest BCUT2D eigenvalue weighted by atomic mass is 10.2. The molecule has 0 fully saturated rings. The normalized spacial score (nSPS) is 10.4. The third-order valence-corrected chi connectivity index (χ3v) is 4.54. The number of nitrogens with one attached hydrogen (secondary N) is 1. The number of carbonyl (C=O) groups excluding carboxylic acids is 1. The van der Waals surface area contributed by atoms with E-state index in [1.54, 1.807) is 24.5 Å². The number of pyridine rings is 1. The van der Waals surface area contributed by atoms with Crippen LogP contribution in [0.5, 0.6) is 0 Å². The second-order valence-corrected chi connectivity index (χ2v) is 6.62. The maximum atomic E-state index is 11.9. The van der Waals surface area contributed by atoms with Gasteiger partial charge in [0.15, 0.2) is 0 Å². The van der Waals surface area contributed by atoms with Gasteiger partial charge in [-0.3, -0.25) is 9.78 Å². The molecular formula is C18H15ClN4OS. The number of rotatable bonds is 6. The SMILES string of the molecule is O=C(CSc1ccc(-c2ccncc2)nn1)NCc1ccc(Cl)cc1. The van der Waals surface area contributed by atoms with E-state index >= 15 is 0 Å². The summed E-state index contributed by atoms with van der Waals surface area (Å²) in [5, 5.41) is 12.6. The van der Waals surface area contributed by atoms with Gasteiger partial charge in [0.05, 0.1) is 11.4 Å². The molecule has 0 unspecified atom stereocenters. The zero-order chi connectivity index (χ0) is 17.5. The maximum Gasteiger partial charge on any atom is 0.230 e. The van der Waals surface area contributed by atoms with Crippen LogP contribution in [0.2, 0.25) is 5.02 Å². The number of nitrogens with zero attached hydrogens (tertiary/aromatic N) is 3. The molecule has 0 aliphatic heterocycles. The second-order valence-electron chi connectivity index (χ2n) is 5.18. The van der Waals surface area contributed by atoms with Gasteiger partial charge in [-0.1, -0.05) is 35.5 Å². The Balaban J connectivity index is 1.48. The number of carbonyl (C=O) groups is 1. The molecule has 25 heavy (non-hydrogen) atoms. The quantitative estimate of drug-likeness (QED) is 0.671. The van der Waals surface area contributed by atoms with Gasteiger partial charge in [-0.15, -0.1) is 10.2 Å². The van der Waals surface area contributed by atoms with Gasteiger partial charge in [0.25, 0.3) is 0 Å². The highest BCUT2D eigenvalue weighted by molar-refractivity contribution is 7.99. The van der Waals surface area contributed by atoms with Gasteiger partial charge in [0.1, 0.15) is 5.03 Å². The highest BCUT2D eigenvalue weighted by Gasteiger charge is 2.06. The monoisotopic (exact) mass is 370 g/mol. The van der Waals surface area contributed by atoms with Crippen molar-refractivity contribution in [1.29, 1.82) is 0 Å². The fraction of sp³-hybridized carbons (Fsp3) is 0.111. The lowest BCUT2D eigenvalue weighted by Crippen LogP contribution is -2.24. The molecule has 3 aromatic rings. The lowest BCUT2D eigenvalue weighted by Gasteiger charge is -2.05. The average molecular weight is 371 g/mol. The van der Waals surface area contributed by atoms with Gasteiger partial charge in [-0.25, -0.2) is 0 Å². The summed E-state index contributed by atoms with van der Waals surface area (Å²) in [5.74, 6) is 0.233. The van der Waals surface area contributed by atoms with Crippen LogP contribution in [0.1, 0.15) is 5.56 Å². The van der Waals surface area contributed by atoms with Crippen molar-refractivity contribution >= 4 is 29.3 Å². The van der Waals surface area contributed by atoms with Crippen LogP contribution in [0.4, 0.5) is 0 Å². The van der Waals surface area contributed by atoms with Crippen LogP contribution < -0.4 is 5.32 Å². The van der Waals surface area contributed by atoms with Crippen molar-refractivity contribution in [3.8, 4) is 11.3 Å². The van der Waals surface area contributed by atoms with Gasteiger partial charge in [-0.05, 0) is 42.0 Å². The molecule has 5 nitrogen and oxygen atoms in total. The topological polar surface area (TPSA) is 67.8 Å². The Morgan fingerprint density at radius 3 is 2.44 bits per heavy atom. The first kappa shape index (κ1) is 17.4. The molecular weight excluding hydrogens is 356 g/mol. The second kappa shape index (κ2) is 8.60. The molecule has 2 heterocycles. The summed E-state index contributed by atoms with van der Waals surface area (Å²) in [6.45, 7) is 0.475. The summed E-state index contributed by atoms with van der Waals surface area (Å²) in [4.78, 5) is 15.9. The minimum absolute atomic E-state index is 0.0556. The molecule has 3 rings (SSSR count). The Morgan fingerprint density at radius 2 is 1.76 bits per heavy atom. The van der Waals surface area contributed by atoms with Gasteiger partial charge >= 0.3 is 0 Å². The third kappa shape index (κ3) is 5.27. The fourth-order valence-electron chi connectivity index (χ4n) is 2.07. The van der Waals surface area contributed by atoms with Gasteiger partial charge in [-0.2, -0.15) is 0 Å². The lowest BCUT2D eigenvalue weighted by molar-refractivity contribution is -0.118. The zero-order valence-electron chi connectivity index (χ0n) is 13.2. The van der Waals surface area contributed by atoms with Crippen LogP contribution in [0, 0.1) is 0 Å². The molecule has 1 N–H and O–H groups in total.